The van der Waals surface area contributed by atoms with Crippen molar-refractivity contribution in [2.24, 2.45) is 0 Å². The number of rotatable bonds is 4. The summed E-state index contributed by atoms with van der Waals surface area (Å²) in [6.45, 7) is 3.43. The van der Waals surface area contributed by atoms with Gasteiger partial charge in [-0.1, -0.05) is 54.6 Å². The van der Waals surface area contributed by atoms with Crippen LogP contribution in [0.15, 0.2) is 54.6 Å². The van der Waals surface area contributed by atoms with Crippen LogP contribution in [0, 0.1) is 0 Å². The van der Waals surface area contributed by atoms with Crippen LogP contribution in [0.4, 0.5) is 0 Å². The molecule has 2 aromatic carbocycles. The number of benzene rings is 2. The zero-order chi connectivity index (χ0) is 14.5. The highest BCUT2D eigenvalue weighted by Crippen LogP contribution is 2.21. The highest BCUT2D eigenvalue weighted by molar-refractivity contribution is 7.80. The average molecular weight is 297 g/mol. The van der Waals surface area contributed by atoms with Crippen molar-refractivity contribution in [3.8, 4) is 0 Å². The molecule has 1 unspecified atom stereocenters. The van der Waals surface area contributed by atoms with E-state index < -0.39 is 0 Å². The smallest absolute Gasteiger partial charge is 0.00584 e. The van der Waals surface area contributed by atoms with Crippen LogP contribution in [0.2, 0.25) is 0 Å². The molecule has 1 aliphatic rings. The number of thiol groups is 1. The number of fused-ring (bicyclic) bond motifs is 1. The van der Waals surface area contributed by atoms with Crippen molar-refractivity contribution in [1.29, 1.82) is 0 Å². The Labute approximate surface area is 133 Å². The maximum Gasteiger partial charge on any atom is 0.00584 e. The summed E-state index contributed by atoms with van der Waals surface area (Å²) in [5.74, 6) is 1.43. The molecule has 0 radical (unpaired) electrons. The maximum absolute atomic E-state index is 4.58. The molecule has 2 aromatic rings. The second-order valence-electron chi connectivity index (χ2n) is 5.86. The first-order chi connectivity index (χ1) is 10.4. The van der Waals surface area contributed by atoms with Gasteiger partial charge in [-0.2, -0.15) is 12.6 Å². The molecule has 0 fully saturated rings. The molecule has 0 N–H and O–H groups in total. The molecular weight excluding hydrogens is 274 g/mol. The third kappa shape index (κ3) is 3.69. The van der Waals surface area contributed by atoms with Gasteiger partial charge in [0.1, 0.15) is 0 Å². The molecule has 1 atom stereocenters. The van der Waals surface area contributed by atoms with Gasteiger partial charge < -0.3 is 4.90 Å². The monoisotopic (exact) mass is 297 g/mol. The molecule has 0 amide bonds. The molecule has 0 spiro atoms. The first kappa shape index (κ1) is 14.7. The molecule has 0 bridgehead atoms. The molecule has 2 heteroatoms. The van der Waals surface area contributed by atoms with Crippen molar-refractivity contribution < 1.29 is 0 Å². The molecule has 3 rings (SSSR count). The van der Waals surface area contributed by atoms with Crippen LogP contribution in [-0.2, 0) is 12.8 Å². The van der Waals surface area contributed by atoms with E-state index in [2.05, 4.69) is 72.1 Å². The molecule has 1 aliphatic heterocycles. The molecular formula is C19H23NS. The summed E-state index contributed by atoms with van der Waals surface area (Å²) in [7, 11) is 0. The second-order valence-corrected chi connectivity index (χ2v) is 6.22. The summed E-state index contributed by atoms with van der Waals surface area (Å²) in [5, 5.41) is 0. The Morgan fingerprint density at radius 2 is 1.43 bits per heavy atom. The second kappa shape index (κ2) is 7.15. The van der Waals surface area contributed by atoms with Gasteiger partial charge in [0, 0.05) is 25.6 Å². The van der Waals surface area contributed by atoms with Gasteiger partial charge in [-0.25, -0.2) is 0 Å². The Morgan fingerprint density at radius 3 is 2.00 bits per heavy atom. The average Bonchev–Trinajstić information content (AvgIpc) is 2.76. The Hall–Kier alpha value is -1.25. The van der Waals surface area contributed by atoms with Crippen molar-refractivity contribution in [3.63, 3.8) is 0 Å². The van der Waals surface area contributed by atoms with E-state index in [1.807, 2.05) is 0 Å². The van der Waals surface area contributed by atoms with Gasteiger partial charge in [0.25, 0.3) is 0 Å². The highest BCUT2D eigenvalue weighted by Gasteiger charge is 2.18. The predicted octanol–water partition coefficient (Wildman–Crippen LogP) is 3.80. The van der Waals surface area contributed by atoms with Crippen LogP contribution in [-0.4, -0.2) is 30.3 Å². The Bertz CT molecular complexity index is 540. The summed E-state index contributed by atoms with van der Waals surface area (Å²) >= 11 is 4.58. The van der Waals surface area contributed by atoms with Gasteiger partial charge in [-0.15, -0.1) is 0 Å². The van der Waals surface area contributed by atoms with E-state index in [9.17, 15) is 0 Å². The van der Waals surface area contributed by atoms with Gasteiger partial charge in [-0.05, 0) is 35.3 Å². The van der Waals surface area contributed by atoms with Gasteiger partial charge >= 0.3 is 0 Å². The zero-order valence-corrected chi connectivity index (χ0v) is 13.3. The number of nitrogens with zero attached hydrogens (tertiary/aromatic N) is 1. The van der Waals surface area contributed by atoms with Crippen LogP contribution in [0.25, 0.3) is 0 Å². The van der Waals surface area contributed by atoms with Gasteiger partial charge in [0.15, 0.2) is 0 Å². The molecule has 110 valence electrons. The fourth-order valence-corrected chi connectivity index (χ4v) is 3.53. The molecule has 0 saturated heterocycles. The van der Waals surface area contributed by atoms with Crippen LogP contribution < -0.4 is 0 Å². The van der Waals surface area contributed by atoms with Crippen molar-refractivity contribution >= 4 is 12.6 Å². The van der Waals surface area contributed by atoms with E-state index in [0.29, 0.717) is 5.92 Å². The minimum atomic E-state index is 0.524. The molecule has 21 heavy (non-hydrogen) atoms. The third-order valence-corrected chi connectivity index (χ3v) is 4.92. The topological polar surface area (TPSA) is 3.24 Å². The highest BCUT2D eigenvalue weighted by atomic mass is 32.1. The quantitative estimate of drug-likeness (QED) is 0.840. The summed E-state index contributed by atoms with van der Waals surface area (Å²) in [6.07, 6.45) is 2.34. The van der Waals surface area contributed by atoms with E-state index in [1.54, 1.807) is 0 Å². The lowest BCUT2D eigenvalue weighted by molar-refractivity contribution is 0.275. The predicted molar refractivity (Wildman–Crippen MR) is 93.3 cm³/mol. The van der Waals surface area contributed by atoms with E-state index in [4.69, 9.17) is 0 Å². The van der Waals surface area contributed by atoms with Crippen LogP contribution in [0.5, 0.6) is 0 Å². The summed E-state index contributed by atoms with van der Waals surface area (Å²) < 4.78 is 0. The van der Waals surface area contributed by atoms with Crippen LogP contribution >= 0.6 is 12.6 Å². The molecule has 0 aliphatic carbocycles. The largest absolute Gasteiger partial charge is 0.302 e. The number of hydrogen-bond acceptors (Lipinski definition) is 2. The SMILES string of the molecule is SCC(CN1CCc2ccccc2CC1)c1ccccc1. The van der Waals surface area contributed by atoms with E-state index in [0.717, 1.165) is 25.4 Å². The Morgan fingerprint density at radius 1 is 0.857 bits per heavy atom. The first-order valence-electron chi connectivity index (χ1n) is 7.82. The van der Waals surface area contributed by atoms with E-state index in [-0.39, 0.29) is 0 Å². The minimum absolute atomic E-state index is 0.524. The van der Waals surface area contributed by atoms with Crippen molar-refractivity contribution in [2.45, 2.75) is 18.8 Å². The van der Waals surface area contributed by atoms with Gasteiger partial charge in [-0.3, -0.25) is 0 Å². The van der Waals surface area contributed by atoms with Crippen LogP contribution in [0.3, 0.4) is 0 Å². The summed E-state index contributed by atoms with van der Waals surface area (Å²) in [4.78, 5) is 2.61. The third-order valence-electron chi connectivity index (χ3n) is 4.48. The molecule has 1 nitrogen and oxygen atoms in total. The minimum Gasteiger partial charge on any atom is -0.302 e. The number of hydrogen-bond donors (Lipinski definition) is 1. The van der Waals surface area contributed by atoms with E-state index >= 15 is 0 Å². The fraction of sp³-hybridized carbons (Fsp3) is 0.368. The summed E-state index contributed by atoms with van der Waals surface area (Å²) in [6, 6.07) is 19.7. The zero-order valence-electron chi connectivity index (χ0n) is 12.4. The maximum atomic E-state index is 4.58. The molecule has 0 aromatic heterocycles. The standard InChI is InChI=1S/C19H23NS/c21-15-19(16-6-2-1-3-7-16)14-20-12-10-17-8-4-5-9-18(17)11-13-20/h1-9,19,21H,10-15H2. The molecule has 0 saturated carbocycles. The lowest BCUT2D eigenvalue weighted by Crippen LogP contribution is -2.31. The van der Waals surface area contributed by atoms with E-state index in [1.165, 1.54) is 29.5 Å². The first-order valence-corrected chi connectivity index (χ1v) is 8.45. The van der Waals surface area contributed by atoms with Crippen molar-refractivity contribution in [2.75, 3.05) is 25.4 Å². The van der Waals surface area contributed by atoms with Crippen LogP contribution in [0.1, 0.15) is 22.6 Å². The summed E-state index contributed by atoms with van der Waals surface area (Å²) in [5.41, 5.74) is 4.47. The Balaban J connectivity index is 1.66. The van der Waals surface area contributed by atoms with Gasteiger partial charge in [0.2, 0.25) is 0 Å². The lowest BCUT2D eigenvalue weighted by atomic mass is 10.0. The normalized spacial score (nSPS) is 17.0. The fourth-order valence-electron chi connectivity index (χ4n) is 3.20. The van der Waals surface area contributed by atoms with Crippen molar-refractivity contribution in [1.82, 2.24) is 4.90 Å². The van der Waals surface area contributed by atoms with Crippen molar-refractivity contribution in [3.05, 3.63) is 71.3 Å². The van der Waals surface area contributed by atoms with Gasteiger partial charge in [0.05, 0.1) is 0 Å². The lowest BCUT2D eigenvalue weighted by Gasteiger charge is -2.25. The molecule has 1 heterocycles. The Kier molecular flexibility index (Phi) is 5.00.